The van der Waals surface area contributed by atoms with E-state index in [1.165, 1.54) is 0 Å². The third kappa shape index (κ3) is 6.55. The second-order valence-electron chi connectivity index (χ2n) is 6.56. The smallest absolute Gasteiger partial charge is 0.224 e. The zero-order chi connectivity index (χ0) is 18.1. The van der Waals surface area contributed by atoms with Crippen LogP contribution in [-0.2, 0) is 11.2 Å². The van der Waals surface area contributed by atoms with Gasteiger partial charge in [0.2, 0.25) is 5.91 Å². The fourth-order valence-electron chi connectivity index (χ4n) is 3.02. The number of carbonyl (C=O) groups excluding carboxylic acids is 1. The number of hydrogen-bond acceptors (Lipinski definition) is 5. The van der Waals surface area contributed by atoms with Crippen molar-refractivity contribution in [3.8, 4) is 11.5 Å². The van der Waals surface area contributed by atoms with Crippen LogP contribution in [0.25, 0.3) is 0 Å². The van der Waals surface area contributed by atoms with Gasteiger partial charge in [0.15, 0.2) is 0 Å². The van der Waals surface area contributed by atoms with Crippen molar-refractivity contribution in [2.24, 2.45) is 0 Å². The van der Waals surface area contributed by atoms with E-state index in [0.29, 0.717) is 12.2 Å². The highest BCUT2D eigenvalue weighted by Crippen LogP contribution is 2.24. The fourth-order valence-corrected chi connectivity index (χ4v) is 3.02. The van der Waals surface area contributed by atoms with Crippen LogP contribution in [0.2, 0.25) is 0 Å². The molecule has 25 heavy (non-hydrogen) atoms. The van der Waals surface area contributed by atoms with Gasteiger partial charge in [0.1, 0.15) is 11.5 Å². The van der Waals surface area contributed by atoms with Gasteiger partial charge in [-0.2, -0.15) is 0 Å². The predicted molar refractivity (Wildman–Crippen MR) is 99.4 cm³/mol. The molecule has 0 atom stereocenters. The zero-order valence-corrected chi connectivity index (χ0v) is 15.7. The van der Waals surface area contributed by atoms with Gasteiger partial charge >= 0.3 is 0 Å². The normalized spacial score (nSPS) is 15.8. The minimum atomic E-state index is 0.0196. The van der Waals surface area contributed by atoms with E-state index in [-0.39, 0.29) is 5.91 Å². The minimum absolute atomic E-state index is 0.0196. The molecular weight excluding hydrogens is 318 g/mol. The van der Waals surface area contributed by atoms with Crippen LogP contribution < -0.4 is 14.8 Å². The lowest BCUT2D eigenvalue weighted by atomic mass is 10.1. The Bertz CT molecular complexity index is 543. The van der Waals surface area contributed by atoms with Gasteiger partial charge in [-0.15, -0.1) is 0 Å². The zero-order valence-electron chi connectivity index (χ0n) is 15.7. The highest BCUT2D eigenvalue weighted by molar-refractivity contribution is 5.79. The molecule has 6 heteroatoms. The summed E-state index contributed by atoms with van der Waals surface area (Å²) in [5.41, 5.74) is 0.844. The number of carbonyl (C=O) groups is 1. The average Bonchev–Trinajstić information content (AvgIpc) is 2.63. The third-order valence-electron chi connectivity index (χ3n) is 4.66. The van der Waals surface area contributed by atoms with E-state index in [1.54, 1.807) is 14.2 Å². The van der Waals surface area contributed by atoms with Gasteiger partial charge in [-0.1, -0.05) is 0 Å². The summed E-state index contributed by atoms with van der Waals surface area (Å²) in [6, 6.07) is 5.52. The first-order valence-corrected chi connectivity index (χ1v) is 9.01. The summed E-state index contributed by atoms with van der Waals surface area (Å²) >= 11 is 0. The number of piperazine rings is 1. The maximum Gasteiger partial charge on any atom is 0.224 e. The molecule has 1 saturated heterocycles. The lowest BCUT2D eigenvalue weighted by Crippen LogP contribution is -2.44. The molecule has 140 valence electrons. The number of methoxy groups -OCH3 is 2. The molecule has 6 nitrogen and oxygen atoms in total. The Labute approximate surface area is 151 Å². The van der Waals surface area contributed by atoms with Gasteiger partial charge in [-0.05, 0) is 44.6 Å². The van der Waals surface area contributed by atoms with Gasteiger partial charge < -0.3 is 24.6 Å². The van der Waals surface area contributed by atoms with E-state index in [1.807, 2.05) is 18.2 Å². The highest BCUT2D eigenvalue weighted by Gasteiger charge is 2.13. The second kappa shape index (κ2) is 10.3. The Hall–Kier alpha value is -1.79. The van der Waals surface area contributed by atoms with Crippen molar-refractivity contribution in [3.05, 3.63) is 23.8 Å². The molecule has 0 aliphatic carbocycles. The van der Waals surface area contributed by atoms with Gasteiger partial charge in [0, 0.05) is 38.3 Å². The van der Waals surface area contributed by atoms with Crippen LogP contribution in [0.3, 0.4) is 0 Å². The van der Waals surface area contributed by atoms with Crippen molar-refractivity contribution in [1.82, 2.24) is 15.1 Å². The van der Waals surface area contributed by atoms with E-state index < -0.39 is 0 Å². The Morgan fingerprint density at radius 3 is 2.56 bits per heavy atom. The van der Waals surface area contributed by atoms with Crippen LogP contribution in [0.4, 0.5) is 0 Å². The summed E-state index contributed by atoms with van der Waals surface area (Å²) in [5.74, 6) is 1.47. The fraction of sp³-hybridized carbons (Fsp3) is 0.632. The predicted octanol–water partition coefficient (Wildman–Crippen LogP) is 1.39. The van der Waals surface area contributed by atoms with Crippen LogP contribution in [-0.4, -0.2) is 76.2 Å². The lowest BCUT2D eigenvalue weighted by Gasteiger charge is -2.32. The quantitative estimate of drug-likeness (QED) is 0.683. The highest BCUT2D eigenvalue weighted by atomic mass is 16.5. The van der Waals surface area contributed by atoms with E-state index in [0.717, 1.165) is 63.4 Å². The van der Waals surface area contributed by atoms with E-state index >= 15 is 0 Å². The molecule has 0 saturated carbocycles. The van der Waals surface area contributed by atoms with Crippen molar-refractivity contribution >= 4 is 5.91 Å². The first-order chi connectivity index (χ1) is 12.1. The second-order valence-corrected chi connectivity index (χ2v) is 6.56. The van der Waals surface area contributed by atoms with E-state index in [2.05, 4.69) is 22.2 Å². The van der Waals surface area contributed by atoms with Crippen LogP contribution in [0.1, 0.15) is 18.4 Å². The van der Waals surface area contributed by atoms with Gasteiger partial charge in [0.05, 0.1) is 20.6 Å². The Kier molecular flexibility index (Phi) is 8.01. The number of likely N-dealkylation sites (N-methyl/N-ethyl adjacent to an activating group) is 1. The summed E-state index contributed by atoms with van der Waals surface area (Å²) in [5, 5.41) is 3.00. The minimum Gasteiger partial charge on any atom is -0.497 e. The summed E-state index contributed by atoms with van der Waals surface area (Å²) in [7, 11) is 5.40. The molecule has 0 spiro atoms. The SMILES string of the molecule is COc1ccc(OC)c(CC(=O)NCCCCN2CCN(C)CC2)c1. The Morgan fingerprint density at radius 1 is 1.12 bits per heavy atom. The first kappa shape index (κ1) is 19.5. The summed E-state index contributed by atoms with van der Waals surface area (Å²) in [6.45, 7) is 6.45. The number of ether oxygens (including phenoxy) is 2. The molecule has 1 N–H and O–H groups in total. The van der Waals surface area contributed by atoms with Crippen molar-refractivity contribution in [2.75, 3.05) is 60.5 Å². The van der Waals surface area contributed by atoms with Gasteiger partial charge in [0.25, 0.3) is 0 Å². The van der Waals surface area contributed by atoms with Crippen LogP contribution in [0, 0.1) is 0 Å². The van der Waals surface area contributed by atoms with Gasteiger partial charge in [-0.25, -0.2) is 0 Å². The molecule has 1 fully saturated rings. The number of rotatable bonds is 9. The molecule has 1 heterocycles. The maximum atomic E-state index is 12.2. The van der Waals surface area contributed by atoms with Crippen molar-refractivity contribution in [2.45, 2.75) is 19.3 Å². The molecule has 1 amide bonds. The molecule has 2 rings (SSSR count). The Morgan fingerprint density at radius 2 is 1.88 bits per heavy atom. The van der Waals surface area contributed by atoms with E-state index in [4.69, 9.17) is 9.47 Å². The van der Waals surface area contributed by atoms with Crippen LogP contribution in [0.5, 0.6) is 11.5 Å². The van der Waals surface area contributed by atoms with E-state index in [9.17, 15) is 4.79 Å². The van der Waals surface area contributed by atoms with Crippen molar-refractivity contribution in [3.63, 3.8) is 0 Å². The standard InChI is InChI=1S/C19H31N3O3/c1-21-10-12-22(13-11-21)9-5-4-8-20-19(23)15-16-14-17(24-2)6-7-18(16)25-3/h6-7,14H,4-5,8-13,15H2,1-3H3,(H,20,23). The molecule has 0 bridgehead atoms. The molecule has 1 aliphatic rings. The maximum absolute atomic E-state index is 12.2. The average molecular weight is 349 g/mol. The summed E-state index contributed by atoms with van der Waals surface area (Å²) in [6.07, 6.45) is 2.43. The largest absolute Gasteiger partial charge is 0.497 e. The number of nitrogens with one attached hydrogen (secondary N) is 1. The van der Waals surface area contributed by atoms with Crippen LogP contribution >= 0.6 is 0 Å². The lowest BCUT2D eigenvalue weighted by molar-refractivity contribution is -0.120. The number of unbranched alkanes of at least 4 members (excludes halogenated alkanes) is 1. The number of nitrogens with zero attached hydrogens (tertiary/aromatic N) is 2. The first-order valence-electron chi connectivity index (χ1n) is 9.01. The molecule has 1 aromatic carbocycles. The monoisotopic (exact) mass is 349 g/mol. The van der Waals surface area contributed by atoms with Crippen LogP contribution in [0.15, 0.2) is 18.2 Å². The molecule has 1 aliphatic heterocycles. The molecular formula is C19H31N3O3. The number of hydrogen-bond donors (Lipinski definition) is 1. The summed E-state index contributed by atoms with van der Waals surface area (Å²) < 4.78 is 10.5. The topological polar surface area (TPSA) is 54.0 Å². The van der Waals surface area contributed by atoms with Gasteiger partial charge in [-0.3, -0.25) is 4.79 Å². The van der Waals surface area contributed by atoms with Crippen molar-refractivity contribution in [1.29, 1.82) is 0 Å². The Balaban J connectivity index is 1.65. The third-order valence-corrected chi connectivity index (χ3v) is 4.66. The number of amides is 1. The number of benzene rings is 1. The molecule has 0 unspecified atom stereocenters. The molecule has 0 radical (unpaired) electrons. The molecule has 1 aromatic rings. The summed E-state index contributed by atoms with van der Waals surface area (Å²) in [4.78, 5) is 17.0. The molecule has 0 aromatic heterocycles. The van der Waals surface area contributed by atoms with Crippen molar-refractivity contribution < 1.29 is 14.3 Å².